The van der Waals surface area contributed by atoms with E-state index in [4.69, 9.17) is 21.8 Å². The zero-order chi connectivity index (χ0) is 22.3. The molecule has 1 aromatic heterocycles. The predicted molar refractivity (Wildman–Crippen MR) is 105 cm³/mol. The topological polar surface area (TPSA) is 126 Å². The van der Waals surface area contributed by atoms with E-state index in [0.29, 0.717) is 5.56 Å². The van der Waals surface area contributed by atoms with E-state index >= 15 is 0 Å². The molecule has 2 aromatic rings. The molecule has 0 aliphatic rings. The van der Waals surface area contributed by atoms with Crippen LogP contribution in [0.1, 0.15) is 16.7 Å². The largest absolute Gasteiger partial charge is 0.418 e. The van der Waals surface area contributed by atoms with Gasteiger partial charge in [-0.3, -0.25) is 0 Å². The van der Waals surface area contributed by atoms with E-state index in [9.17, 15) is 18.4 Å². The molecule has 0 aliphatic heterocycles. The van der Waals surface area contributed by atoms with Gasteiger partial charge in [0.25, 0.3) is 0 Å². The summed E-state index contributed by atoms with van der Waals surface area (Å²) < 4.78 is 39.9. The number of aliphatic hydroxyl groups excluding tert-OH is 2. The molecule has 0 unspecified atom stereocenters. The number of nitrogens with zero attached hydrogens (tertiary/aromatic N) is 4. The number of anilines is 2. The number of aromatic nitrogens is 1. The summed E-state index contributed by atoms with van der Waals surface area (Å²) >= 11 is 5.67. The Morgan fingerprint density at radius 1 is 1.13 bits per heavy atom. The fourth-order valence-corrected chi connectivity index (χ4v) is 2.65. The average Bonchev–Trinajstić information content (AvgIpc) is 2.70. The zero-order valence-electron chi connectivity index (χ0n) is 15.8. The average molecular weight is 443 g/mol. The van der Waals surface area contributed by atoms with Gasteiger partial charge in [0.05, 0.1) is 30.0 Å². The maximum atomic E-state index is 13.3. The van der Waals surface area contributed by atoms with Gasteiger partial charge in [-0.1, -0.05) is 11.6 Å². The van der Waals surface area contributed by atoms with E-state index < -0.39 is 17.4 Å². The fourth-order valence-electron chi connectivity index (χ4n) is 2.48. The van der Waals surface area contributed by atoms with Crippen molar-refractivity contribution >= 4 is 34.6 Å². The van der Waals surface area contributed by atoms with Crippen molar-refractivity contribution < 1.29 is 23.4 Å². The summed E-state index contributed by atoms with van der Waals surface area (Å²) in [6.07, 6.45) is -4.69. The van der Waals surface area contributed by atoms with Gasteiger partial charge >= 0.3 is 6.18 Å². The SMILES string of the molecule is Cc1c(C#N)c(NCCO)nc(NCCO)c1N=Nc1ccc(Cl)cc1C(F)(F)F. The van der Waals surface area contributed by atoms with Crippen molar-refractivity contribution in [3.8, 4) is 6.07 Å². The van der Waals surface area contributed by atoms with Crippen LogP contribution in [0.4, 0.5) is 36.2 Å². The van der Waals surface area contributed by atoms with Gasteiger partial charge in [0.1, 0.15) is 17.6 Å². The monoisotopic (exact) mass is 442 g/mol. The first-order chi connectivity index (χ1) is 14.2. The third kappa shape index (κ3) is 5.56. The van der Waals surface area contributed by atoms with Gasteiger partial charge < -0.3 is 20.8 Å². The Kier molecular flexibility index (Phi) is 7.93. The van der Waals surface area contributed by atoms with Crippen molar-refractivity contribution in [2.24, 2.45) is 10.2 Å². The van der Waals surface area contributed by atoms with Crippen molar-refractivity contribution in [2.75, 3.05) is 36.9 Å². The van der Waals surface area contributed by atoms with E-state index in [2.05, 4.69) is 25.8 Å². The summed E-state index contributed by atoms with van der Waals surface area (Å²) in [4.78, 5) is 4.21. The number of pyridine rings is 1. The van der Waals surface area contributed by atoms with Gasteiger partial charge in [-0.2, -0.15) is 18.4 Å². The van der Waals surface area contributed by atoms with E-state index in [0.717, 1.165) is 12.1 Å². The Morgan fingerprint density at radius 2 is 1.77 bits per heavy atom. The van der Waals surface area contributed by atoms with Crippen molar-refractivity contribution in [1.29, 1.82) is 5.26 Å². The highest BCUT2D eigenvalue weighted by atomic mass is 35.5. The van der Waals surface area contributed by atoms with Crippen LogP contribution < -0.4 is 10.6 Å². The van der Waals surface area contributed by atoms with Crippen molar-refractivity contribution in [2.45, 2.75) is 13.1 Å². The molecule has 2 rings (SSSR count). The van der Waals surface area contributed by atoms with E-state index in [-0.39, 0.29) is 54.2 Å². The minimum atomic E-state index is -4.69. The molecule has 0 atom stereocenters. The highest BCUT2D eigenvalue weighted by molar-refractivity contribution is 6.30. The number of aliphatic hydroxyl groups is 2. The molecule has 12 heteroatoms. The highest BCUT2D eigenvalue weighted by Crippen LogP contribution is 2.40. The van der Waals surface area contributed by atoms with E-state index in [1.54, 1.807) is 0 Å². The predicted octanol–water partition coefficient (Wildman–Crippen LogP) is 4.16. The van der Waals surface area contributed by atoms with Gasteiger partial charge in [0, 0.05) is 23.7 Å². The third-order valence-electron chi connectivity index (χ3n) is 3.86. The molecule has 0 radical (unpaired) electrons. The van der Waals surface area contributed by atoms with Crippen LogP contribution in [0.25, 0.3) is 0 Å². The summed E-state index contributed by atoms with van der Waals surface area (Å²) in [7, 11) is 0. The standard InChI is InChI=1S/C18H18ClF3N6O2/c1-10-12(9-23)16(24-4-6-29)26-17(25-5-7-30)15(10)28-27-14-3-2-11(19)8-13(14)18(20,21)22/h2-3,8,29-30H,4-7H2,1H3,(H2,24,25,26). The molecule has 30 heavy (non-hydrogen) atoms. The Bertz CT molecular complexity index is 976. The fraction of sp³-hybridized carbons (Fsp3) is 0.333. The van der Waals surface area contributed by atoms with Crippen LogP contribution in [0.3, 0.4) is 0 Å². The summed E-state index contributed by atoms with van der Waals surface area (Å²) in [5.74, 6) is 0.262. The molecule has 4 N–H and O–H groups in total. The molecule has 0 aliphatic carbocycles. The van der Waals surface area contributed by atoms with Gasteiger partial charge in [0.2, 0.25) is 0 Å². The molecule has 8 nitrogen and oxygen atoms in total. The summed E-state index contributed by atoms with van der Waals surface area (Å²) in [5, 5.41) is 40.6. The minimum absolute atomic E-state index is 0.0395. The van der Waals surface area contributed by atoms with Crippen molar-refractivity contribution in [3.63, 3.8) is 0 Å². The first-order valence-corrected chi connectivity index (χ1v) is 9.03. The molecular weight excluding hydrogens is 425 g/mol. The van der Waals surface area contributed by atoms with Gasteiger partial charge in [-0.25, -0.2) is 4.98 Å². The third-order valence-corrected chi connectivity index (χ3v) is 4.09. The summed E-state index contributed by atoms with van der Waals surface area (Å²) in [5.41, 5.74) is -1.08. The molecule has 160 valence electrons. The normalized spacial score (nSPS) is 11.5. The van der Waals surface area contributed by atoms with Gasteiger partial charge in [0.15, 0.2) is 5.82 Å². The Labute approximate surface area is 175 Å². The number of alkyl halides is 3. The lowest BCUT2D eigenvalue weighted by atomic mass is 10.1. The maximum Gasteiger partial charge on any atom is 0.418 e. The number of hydrogen-bond acceptors (Lipinski definition) is 8. The van der Waals surface area contributed by atoms with E-state index in [1.807, 2.05) is 6.07 Å². The minimum Gasteiger partial charge on any atom is -0.395 e. The number of benzene rings is 1. The van der Waals surface area contributed by atoms with Crippen molar-refractivity contribution in [1.82, 2.24) is 4.98 Å². The lowest BCUT2D eigenvalue weighted by Crippen LogP contribution is -2.13. The molecule has 0 bridgehead atoms. The second-order valence-corrected chi connectivity index (χ2v) is 6.37. The molecule has 1 heterocycles. The van der Waals surface area contributed by atoms with Crippen LogP contribution in [0.15, 0.2) is 28.4 Å². The van der Waals surface area contributed by atoms with Gasteiger partial charge in [-0.05, 0) is 25.1 Å². The van der Waals surface area contributed by atoms with Gasteiger partial charge in [-0.15, -0.1) is 10.2 Å². The maximum absolute atomic E-state index is 13.3. The quantitative estimate of drug-likeness (QED) is 0.455. The highest BCUT2D eigenvalue weighted by Gasteiger charge is 2.34. The summed E-state index contributed by atoms with van der Waals surface area (Å²) in [6, 6.07) is 5.04. The number of halogens is 4. The van der Waals surface area contributed by atoms with Crippen LogP contribution in [-0.2, 0) is 6.18 Å². The molecule has 0 saturated carbocycles. The first kappa shape index (κ1) is 23.3. The Morgan fingerprint density at radius 3 is 2.33 bits per heavy atom. The van der Waals surface area contributed by atoms with E-state index in [1.165, 1.54) is 13.0 Å². The Hall–Kier alpha value is -2.94. The van der Waals surface area contributed by atoms with Crippen LogP contribution in [-0.4, -0.2) is 41.5 Å². The molecule has 0 saturated heterocycles. The molecule has 1 aromatic carbocycles. The Balaban J connectivity index is 2.59. The molecule has 0 spiro atoms. The zero-order valence-corrected chi connectivity index (χ0v) is 16.5. The van der Waals surface area contributed by atoms with Crippen LogP contribution >= 0.6 is 11.6 Å². The molecule has 0 fully saturated rings. The number of nitriles is 1. The molecule has 0 amide bonds. The van der Waals surface area contributed by atoms with Crippen LogP contribution in [0.2, 0.25) is 5.02 Å². The van der Waals surface area contributed by atoms with Crippen LogP contribution in [0.5, 0.6) is 0 Å². The second-order valence-electron chi connectivity index (χ2n) is 5.93. The lowest BCUT2D eigenvalue weighted by molar-refractivity contribution is -0.137. The van der Waals surface area contributed by atoms with Crippen molar-refractivity contribution in [3.05, 3.63) is 39.9 Å². The van der Waals surface area contributed by atoms with Crippen LogP contribution in [0, 0.1) is 18.3 Å². The number of hydrogen-bond donors (Lipinski definition) is 4. The smallest absolute Gasteiger partial charge is 0.395 e. The number of nitrogens with one attached hydrogen (secondary N) is 2. The second kappa shape index (κ2) is 10.2. The number of azo groups is 1. The lowest BCUT2D eigenvalue weighted by Gasteiger charge is -2.15. The summed E-state index contributed by atoms with van der Waals surface area (Å²) in [6.45, 7) is 1.29. The number of rotatable bonds is 8. The first-order valence-electron chi connectivity index (χ1n) is 8.65. The molecular formula is C18H18ClF3N6O2.